The maximum atomic E-state index is 11.5. The summed E-state index contributed by atoms with van der Waals surface area (Å²) in [5.41, 5.74) is 7.16. The van der Waals surface area contributed by atoms with E-state index in [2.05, 4.69) is 20.6 Å². The van der Waals surface area contributed by atoms with Crippen molar-refractivity contribution in [2.45, 2.75) is 13.0 Å². The van der Waals surface area contributed by atoms with E-state index in [0.717, 1.165) is 10.9 Å². The quantitative estimate of drug-likeness (QED) is 0.694. The van der Waals surface area contributed by atoms with Crippen LogP contribution in [0, 0.1) is 0 Å². The predicted molar refractivity (Wildman–Crippen MR) is 71.1 cm³/mol. The molecule has 0 saturated carbocycles. The molecule has 0 bridgehead atoms. The van der Waals surface area contributed by atoms with E-state index in [1.54, 1.807) is 26.1 Å². The first-order valence-corrected chi connectivity index (χ1v) is 5.60. The van der Waals surface area contributed by atoms with Crippen molar-refractivity contribution in [2.24, 2.45) is 0 Å². The Morgan fingerprint density at radius 1 is 1.39 bits per heavy atom. The lowest BCUT2D eigenvalue weighted by Gasteiger charge is -2.14. The van der Waals surface area contributed by atoms with Gasteiger partial charge in [-0.25, -0.2) is 9.97 Å². The van der Waals surface area contributed by atoms with Gasteiger partial charge in [0, 0.05) is 18.1 Å². The predicted octanol–water partition coefficient (Wildman–Crippen LogP) is 0.758. The van der Waals surface area contributed by atoms with Crippen LogP contribution in [-0.4, -0.2) is 29.0 Å². The highest BCUT2D eigenvalue weighted by Crippen LogP contribution is 2.22. The lowest BCUT2D eigenvalue weighted by molar-refractivity contribution is -0.121. The normalized spacial score (nSPS) is 12.1. The summed E-state index contributed by atoms with van der Waals surface area (Å²) >= 11 is 0. The van der Waals surface area contributed by atoms with Crippen LogP contribution in [0.3, 0.4) is 0 Å². The Balaban J connectivity index is 2.38. The third kappa shape index (κ3) is 2.32. The Morgan fingerprint density at radius 2 is 2.17 bits per heavy atom. The zero-order valence-corrected chi connectivity index (χ0v) is 10.3. The monoisotopic (exact) mass is 245 g/mol. The number of amides is 1. The molecule has 6 heteroatoms. The van der Waals surface area contributed by atoms with E-state index in [-0.39, 0.29) is 11.9 Å². The second-order valence-electron chi connectivity index (χ2n) is 3.98. The molecule has 1 heterocycles. The Bertz CT molecular complexity index is 584. The number of aromatic nitrogens is 2. The van der Waals surface area contributed by atoms with Gasteiger partial charge in [0.2, 0.25) is 5.91 Å². The summed E-state index contributed by atoms with van der Waals surface area (Å²) < 4.78 is 0. The molecule has 2 rings (SSSR count). The van der Waals surface area contributed by atoms with E-state index >= 15 is 0 Å². The standard InChI is InChI=1S/C12H15N5O/c1-7(12(18)14-2)17-11-9-5-8(13)3-4-10(9)15-6-16-11/h3-7H,13H2,1-2H3,(H,14,18)(H,15,16,17). The molecule has 1 aromatic heterocycles. The highest BCUT2D eigenvalue weighted by Gasteiger charge is 2.13. The Morgan fingerprint density at radius 3 is 2.89 bits per heavy atom. The number of carbonyl (C=O) groups is 1. The summed E-state index contributed by atoms with van der Waals surface area (Å²) in [5, 5.41) is 6.42. The summed E-state index contributed by atoms with van der Waals surface area (Å²) in [6.45, 7) is 1.76. The number of nitrogens with two attached hydrogens (primary N) is 1. The first kappa shape index (κ1) is 12.1. The van der Waals surface area contributed by atoms with Gasteiger partial charge in [0.25, 0.3) is 0 Å². The molecule has 2 aromatic rings. The first-order valence-electron chi connectivity index (χ1n) is 5.60. The molecule has 0 radical (unpaired) electrons. The molecule has 0 fully saturated rings. The molecule has 0 aliphatic heterocycles. The zero-order valence-electron chi connectivity index (χ0n) is 10.3. The van der Waals surface area contributed by atoms with Gasteiger partial charge >= 0.3 is 0 Å². The van der Waals surface area contributed by atoms with Crippen molar-refractivity contribution < 1.29 is 4.79 Å². The lowest BCUT2D eigenvalue weighted by atomic mass is 10.2. The fourth-order valence-corrected chi connectivity index (χ4v) is 1.68. The Kier molecular flexibility index (Phi) is 3.27. The van der Waals surface area contributed by atoms with Gasteiger partial charge in [-0.2, -0.15) is 0 Å². The molecule has 94 valence electrons. The molecule has 18 heavy (non-hydrogen) atoms. The number of anilines is 2. The minimum absolute atomic E-state index is 0.106. The van der Waals surface area contributed by atoms with Crippen molar-refractivity contribution in [2.75, 3.05) is 18.1 Å². The van der Waals surface area contributed by atoms with Crippen molar-refractivity contribution in [3.05, 3.63) is 24.5 Å². The number of nitrogens with one attached hydrogen (secondary N) is 2. The minimum atomic E-state index is -0.380. The Hall–Kier alpha value is -2.37. The highest BCUT2D eigenvalue weighted by atomic mass is 16.2. The molecule has 0 aliphatic carbocycles. The maximum Gasteiger partial charge on any atom is 0.241 e. The zero-order chi connectivity index (χ0) is 13.1. The van der Waals surface area contributed by atoms with E-state index in [4.69, 9.17) is 5.73 Å². The Labute approximate surface area is 105 Å². The average Bonchev–Trinajstić information content (AvgIpc) is 2.38. The van der Waals surface area contributed by atoms with Gasteiger partial charge < -0.3 is 16.4 Å². The van der Waals surface area contributed by atoms with Crippen LogP contribution in [0.25, 0.3) is 10.9 Å². The van der Waals surface area contributed by atoms with Crippen LogP contribution in [0.15, 0.2) is 24.5 Å². The number of likely N-dealkylation sites (N-methyl/N-ethyl adjacent to an activating group) is 1. The topological polar surface area (TPSA) is 92.9 Å². The van der Waals surface area contributed by atoms with Crippen molar-refractivity contribution >= 4 is 28.3 Å². The van der Waals surface area contributed by atoms with Gasteiger partial charge in [-0.05, 0) is 25.1 Å². The third-order valence-corrected chi connectivity index (χ3v) is 2.65. The van der Waals surface area contributed by atoms with Crippen LogP contribution in [0.4, 0.5) is 11.5 Å². The fraction of sp³-hybridized carbons (Fsp3) is 0.250. The largest absolute Gasteiger partial charge is 0.399 e. The second kappa shape index (κ2) is 4.87. The molecule has 4 N–H and O–H groups in total. The van der Waals surface area contributed by atoms with Crippen LogP contribution < -0.4 is 16.4 Å². The fourth-order valence-electron chi connectivity index (χ4n) is 1.68. The van der Waals surface area contributed by atoms with Gasteiger partial charge in [-0.15, -0.1) is 0 Å². The number of carbonyl (C=O) groups excluding carboxylic acids is 1. The number of nitrogens with zero attached hydrogens (tertiary/aromatic N) is 2. The van der Waals surface area contributed by atoms with Crippen LogP contribution >= 0.6 is 0 Å². The third-order valence-electron chi connectivity index (χ3n) is 2.65. The number of hydrogen-bond acceptors (Lipinski definition) is 5. The van der Waals surface area contributed by atoms with Crippen molar-refractivity contribution in [1.82, 2.24) is 15.3 Å². The van der Waals surface area contributed by atoms with E-state index in [9.17, 15) is 4.79 Å². The number of rotatable bonds is 3. The minimum Gasteiger partial charge on any atom is -0.399 e. The van der Waals surface area contributed by atoms with Gasteiger partial charge in [0.05, 0.1) is 5.52 Å². The second-order valence-corrected chi connectivity index (χ2v) is 3.98. The maximum absolute atomic E-state index is 11.5. The molecule has 1 unspecified atom stereocenters. The van der Waals surface area contributed by atoms with Crippen LogP contribution in [-0.2, 0) is 4.79 Å². The highest BCUT2D eigenvalue weighted by molar-refractivity contribution is 5.93. The smallest absolute Gasteiger partial charge is 0.241 e. The lowest BCUT2D eigenvalue weighted by Crippen LogP contribution is -2.35. The molecule has 6 nitrogen and oxygen atoms in total. The van der Waals surface area contributed by atoms with Gasteiger partial charge in [0.1, 0.15) is 18.2 Å². The van der Waals surface area contributed by atoms with Crippen molar-refractivity contribution in [1.29, 1.82) is 0 Å². The molecule has 1 atom stereocenters. The molecular formula is C12H15N5O. The van der Waals surface area contributed by atoms with E-state index in [1.165, 1.54) is 6.33 Å². The molecular weight excluding hydrogens is 230 g/mol. The van der Waals surface area contributed by atoms with E-state index in [1.807, 2.05) is 6.07 Å². The van der Waals surface area contributed by atoms with Crippen LogP contribution in [0.5, 0.6) is 0 Å². The van der Waals surface area contributed by atoms with Gasteiger partial charge in [0.15, 0.2) is 0 Å². The number of fused-ring (bicyclic) bond motifs is 1. The van der Waals surface area contributed by atoms with Gasteiger partial charge in [-0.1, -0.05) is 0 Å². The van der Waals surface area contributed by atoms with E-state index in [0.29, 0.717) is 11.5 Å². The molecule has 1 amide bonds. The van der Waals surface area contributed by atoms with Gasteiger partial charge in [-0.3, -0.25) is 4.79 Å². The van der Waals surface area contributed by atoms with Crippen molar-refractivity contribution in [3.8, 4) is 0 Å². The average molecular weight is 245 g/mol. The summed E-state index contributed by atoms with van der Waals surface area (Å²) in [6.07, 6.45) is 1.46. The molecule has 0 aliphatic rings. The van der Waals surface area contributed by atoms with Crippen LogP contribution in [0.2, 0.25) is 0 Å². The number of benzene rings is 1. The summed E-state index contributed by atoms with van der Waals surface area (Å²) in [4.78, 5) is 19.8. The van der Waals surface area contributed by atoms with Crippen LogP contribution in [0.1, 0.15) is 6.92 Å². The molecule has 1 aromatic carbocycles. The number of hydrogen-bond donors (Lipinski definition) is 3. The summed E-state index contributed by atoms with van der Waals surface area (Å²) in [5.74, 6) is 0.495. The summed E-state index contributed by atoms with van der Waals surface area (Å²) in [7, 11) is 1.59. The molecule has 0 saturated heterocycles. The first-order chi connectivity index (χ1) is 8.61. The number of nitrogen functional groups attached to an aromatic ring is 1. The van der Waals surface area contributed by atoms with Crippen molar-refractivity contribution in [3.63, 3.8) is 0 Å². The summed E-state index contributed by atoms with van der Waals surface area (Å²) in [6, 6.07) is 5.01. The van der Waals surface area contributed by atoms with E-state index < -0.39 is 0 Å². The SMILES string of the molecule is CNC(=O)C(C)Nc1ncnc2ccc(N)cc12. The molecule has 0 spiro atoms.